The second-order valence-corrected chi connectivity index (χ2v) is 6.29. The Bertz CT molecular complexity index is 794. The topological polar surface area (TPSA) is 58.6 Å². The van der Waals surface area contributed by atoms with Crippen LogP contribution in [0.1, 0.15) is 12.0 Å². The van der Waals surface area contributed by atoms with Gasteiger partial charge in [0.15, 0.2) is 0 Å². The first-order valence-corrected chi connectivity index (χ1v) is 8.42. The van der Waals surface area contributed by atoms with Gasteiger partial charge in [0.05, 0.1) is 18.7 Å². The van der Waals surface area contributed by atoms with E-state index in [0.29, 0.717) is 29.5 Å². The molecule has 0 spiro atoms. The fourth-order valence-corrected chi connectivity index (χ4v) is 3.14. The van der Waals surface area contributed by atoms with Crippen molar-refractivity contribution in [1.82, 2.24) is 5.32 Å². The van der Waals surface area contributed by atoms with E-state index < -0.39 is 0 Å². The van der Waals surface area contributed by atoms with Gasteiger partial charge in [-0.15, -0.1) is 0 Å². The maximum atomic E-state index is 12.4. The minimum absolute atomic E-state index is 0.0811. The number of anilines is 1. The van der Waals surface area contributed by atoms with Gasteiger partial charge in [-0.05, 0) is 23.8 Å². The Balaban J connectivity index is 1.66. The average molecular weight is 359 g/mol. The van der Waals surface area contributed by atoms with Crippen LogP contribution in [0.4, 0.5) is 5.69 Å². The van der Waals surface area contributed by atoms with Crippen LogP contribution in [0.3, 0.4) is 0 Å². The molecule has 2 aromatic rings. The molecule has 2 amide bonds. The molecule has 1 unspecified atom stereocenters. The van der Waals surface area contributed by atoms with E-state index in [9.17, 15) is 9.59 Å². The number of para-hydroxylation sites is 2. The molecule has 3 rings (SSSR count). The van der Waals surface area contributed by atoms with E-state index in [4.69, 9.17) is 16.3 Å². The molecule has 1 fully saturated rings. The number of nitrogens with one attached hydrogen (secondary N) is 1. The van der Waals surface area contributed by atoms with Crippen LogP contribution in [0, 0.1) is 5.92 Å². The maximum Gasteiger partial charge on any atom is 0.227 e. The molecule has 2 aromatic carbocycles. The van der Waals surface area contributed by atoms with Crippen LogP contribution in [-0.2, 0) is 16.1 Å². The van der Waals surface area contributed by atoms with E-state index in [1.54, 1.807) is 24.1 Å². The van der Waals surface area contributed by atoms with Gasteiger partial charge >= 0.3 is 0 Å². The van der Waals surface area contributed by atoms with Gasteiger partial charge in [0, 0.05) is 24.5 Å². The molecule has 0 bridgehead atoms. The smallest absolute Gasteiger partial charge is 0.227 e. The van der Waals surface area contributed by atoms with Gasteiger partial charge in [-0.3, -0.25) is 9.59 Å². The number of nitrogens with zero attached hydrogens (tertiary/aromatic N) is 1. The first kappa shape index (κ1) is 17.3. The second kappa shape index (κ2) is 7.57. The summed E-state index contributed by atoms with van der Waals surface area (Å²) in [5.74, 6) is 0.000867. The third kappa shape index (κ3) is 3.77. The van der Waals surface area contributed by atoms with Crippen molar-refractivity contribution in [2.75, 3.05) is 18.6 Å². The van der Waals surface area contributed by atoms with E-state index >= 15 is 0 Å². The van der Waals surface area contributed by atoms with Crippen molar-refractivity contribution >= 4 is 29.1 Å². The number of carbonyl (C=O) groups is 2. The summed E-state index contributed by atoms with van der Waals surface area (Å²) in [6.07, 6.45) is 0.187. The number of methoxy groups -OCH3 is 1. The quantitative estimate of drug-likeness (QED) is 0.893. The molecule has 5 nitrogen and oxygen atoms in total. The summed E-state index contributed by atoms with van der Waals surface area (Å²) in [5, 5.41) is 3.48. The summed E-state index contributed by atoms with van der Waals surface area (Å²) in [6.45, 7) is 0.686. The van der Waals surface area contributed by atoms with E-state index in [2.05, 4.69) is 5.32 Å². The van der Waals surface area contributed by atoms with Gasteiger partial charge in [-0.25, -0.2) is 0 Å². The van der Waals surface area contributed by atoms with Gasteiger partial charge in [0.2, 0.25) is 11.8 Å². The molecular weight excluding hydrogens is 340 g/mol. The molecule has 0 aromatic heterocycles. The monoisotopic (exact) mass is 358 g/mol. The Hall–Kier alpha value is -2.53. The molecule has 0 aliphatic carbocycles. The number of amides is 2. The molecule has 130 valence electrons. The van der Waals surface area contributed by atoms with Gasteiger partial charge < -0.3 is 15.0 Å². The molecule has 1 saturated heterocycles. The lowest BCUT2D eigenvalue weighted by Crippen LogP contribution is -2.32. The van der Waals surface area contributed by atoms with Gasteiger partial charge in [0.1, 0.15) is 5.75 Å². The van der Waals surface area contributed by atoms with Crippen LogP contribution in [0.5, 0.6) is 5.75 Å². The number of rotatable bonds is 5. The molecule has 25 heavy (non-hydrogen) atoms. The fraction of sp³-hybridized carbons (Fsp3) is 0.263. The molecule has 1 heterocycles. The van der Waals surface area contributed by atoms with Crippen LogP contribution in [0.15, 0.2) is 48.5 Å². The summed E-state index contributed by atoms with van der Waals surface area (Å²) in [5.41, 5.74) is 1.54. The van der Waals surface area contributed by atoms with E-state index in [-0.39, 0.29) is 24.2 Å². The lowest BCUT2D eigenvalue weighted by atomic mass is 10.1. The molecular formula is C19H19ClN2O3. The van der Waals surface area contributed by atoms with Crippen LogP contribution in [-0.4, -0.2) is 25.5 Å². The van der Waals surface area contributed by atoms with Crippen molar-refractivity contribution in [3.63, 3.8) is 0 Å². The second-order valence-electron chi connectivity index (χ2n) is 5.89. The maximum absolute atomic E-state index is 12.4. The summed E-state index contributed by atoms with van der Waals surface area (Å²) >= 11 is 6.10. The highest BCUT2D eigenvalue weighted by Crippen LogP contribution is 2.32. The Labute approximate surface area is 151 Å². The van der Waals surface area contributed by atoms with Gasteiger partial charge in [0.25, 0.3) is 0 Å². The number of ether oxygens (including phenoxy) is 1. The van der Waals surface area contributed by atoms with Crippen molar-refractivity contribution in [2.24, 2.45) is 5.92 Å². The summed E-state index contributed by atoms with van der Waals surface area (Å²) in [6, 6.07) is 14.7. The van der Waals surface area contributed by atoms with Crippen molar-refractivity contribution < 1.29 is 14.3 Å². The summed E-state index contributed by atoms with van der Waals surface area (Å²) < 4.78 is 5.31. The number of hydrogen-bond acceptors (Lipinski definition) is 3. The highest BCUT2D eigenvalue weighted by atomic mass is 35.5. The first-order valence-electron chi connectivity index (χ1n) is 8.04. The molecule has 0 saturated carbocycles. The zero-order valence-corrected chi connectivity index (χ0v) is 14.6. The van der Waals surface area contributed by atoms with Crippen LogP contribution in [0.2, 0.25) is 5.02 Å². The highest BCUT2D eigenvalue weighted by molar-refractivity contribution is 6.31. The Kier molecular flexibility index (Phi) is 5.24. The number of benzene rings is 2. The molecule has 0 radical (unpaired) electrons. The largest absolute Gasteiger partial charge is 0.495 e. The lowest BCUT2D eigenvalue weighted by molar-refractivity contribution is -0.126. The Morgan fingerprint density at radius 1 is 1.24 bits per heavy atom. The number of carbonyl (C=O) groups excluding carboxylic acids is 2. The van der Waals surface area contributed by atoms with Crippen molar-refractivity contribution in [3.8, 4) is 5.75 Å². The minimum Gasteiger partial charge on any atom is -0.495 e. The Morgan fingerprint density at radius 3 is 2.72 bits per heavy atom. The summed E-state index contributed by atoms with van der Waals surface area (Å²) in [4.78, 5) is 26.4. The standard InChI is InChI=1S/C19H19ClN2O3/c1-25-17-9-5-4-8-16(17)22-12-14(10-18(22)23)19(24)21-11-13-6-2-3-7-15(13)20/h2-9,14H,10-12H2,1H3,(H,21,24). The van der Waals surface area contributed by atoms with E-state index in [1.807, 2.05) is 36.4 Å². The Morgan fingerprint density at radius 2 is 1.96 bits per heavy atom. The molecule has 6 heteroatoms. The van der Waals surface area contributed by atoms with Crippen LogP contribution < -0.4 is 15.0 Å². The molecule has 1 atom stereocenters. The predicted molar refractivity (Wildman–Crippen MR) is 96.8 cm³/mol. The van der Waals surface area contributed by atoms with Crippen LogP contribution in [0.25, 0.3) is 0 Å². The minimum atomic E-state index is -0.389. The SMILES string of the molecule is COc1ccccc1N1CC(C(=O)NCc2ccccc2Cl)CC1=O. The average Bonchev–Trinajstić information content (AvgIpc) is 3.02. The fourth-order valence-electron chi connectivity index (χ4n) is 2.94. The lowest BCUT2D eigenvalue weighted by Gasteiger charge is -2.19. The number of hydrogen-bond donors (Lipinski definition) is 1. The normalized spacial score (nSPS) is 16.8. The third-order valence-corrected chi connectivity index (χ3v) is 4.65. The van der Waals surface area contributed by atoms with E-state index in [1.165, 1.54) is 0 Å². The predicted octanol–water partition coefficient (Wildman–Crippen LogP) is 3.02. The third-order valence-electron chi connectivity index (χ3n) is 4.28. The van der Waals surface area contributed by atoms with Gasteiger partial charge in [-0.2, -0.15) is 0 Å². The van der Waals surface area contributed by atoms with Crippen LogP contribution >= 0.6 is 11.6 Å². The molecule has 1 N–H and O–H groups in total. The highest BCUT2D eigenvalue weighted by Gasteiger charge is 2.36. The van der Waals surface area contributed by atoms with Crippen molar-refractivity contribution in [2.45, 2.75) is 13.0 Å². The zero-order valence-electron chi connectivity index (χ0n) is 13.9. The van der Waals surface area contributed by atoms with E-state index in [0.717, 1.165) is 5.56 Å². The van der Waals surface area contributed by atoms with Gasteiger partial charge in [-0.1, -0.05) is 41.9 Å². The van der Waals surface area contributed by atoms with Crippen molar-refractivity contribution in [1.29, 1.82) is 0 Å². The summed E-state index contributed by atoms with van der Waals surface area (Å²) in [7, 11) is 1.56. The van der Waals surface area contributed by atoms with Crippen molar-refractivity contribution in [3.05, 3.63) is 59.1 Å². The molecule has 1 aliphatic rings. The molecule has 1 aliphatic heterocycles. The first-order chi connectivity index (χ1) is 12.1. The number of halogens is 1. The zero-order chi connectivity index (χ0) is 17.8.